The van der Waals surface area contributed by atoms with Gasteiger partial charge in [0.2, 0.25) is 0 Å². The predicted octanol–water partition coefficient (Wildman–Crippen LogP) is 3.52. The van der Waals surface area contributed by atoms with Crippen LogP contribution in [-0.4, -0.2) is 30.4 Å². The highest BCUT2D eigenvalue weighted by Crippen LogP contribution is 2.35. The van der Waals surface area contributed by atoms with Crippen LogP contribution in [0.4, 0.5) is 5.69 Å². The summed E-state index contributed by atoms with van der Waals surface area (Å²) in [4.78, 5) is 14.9. The van der Waals surface area contributed by atoms with Gasteiger partial charge >= 0.3 is 0 Å². The Morgan fingerprint density at radius 1 is 1.10 bits per heavy atom. The van der Waals surface area contributed by atoms with E-state index in [4.69, 9.17) is 0 Å². The smallest absolute Gasteiger partial charge is 0.254 e. The van der Waals surface area contributed by atoms with Crippen molar-refractivity contribution in [2.24, 2.45) is 5.92 Å². The van der Waals surface area contributed by atoms with Gasteiger partial charge in [-0.1, -0.05) is 12.8 Å². The topological polar surface area (TPSA) is 32.3 Å². The Bertz CT molecular complexity index is 466. The molecule has 3 heteroatoms. The maximum Gasteiger partial charge on any atom is 0.254 e. The number of amides is 1. The molecular formula is C17H24N2O. The van der Waals surface area contributed by atoms with E-state index in [0.29, 0.717) is 6.04 Å². The van der Waals surface area contributed by atoms with Crippen molar-refractivity contribution in [2.45, 2.75) is 44.6 Å². The molecule has 1 aliphatic heterocycles. The van der Waals surface area contributed by atoms with Crippen LogP contribution in [0, 0.1) is 5.92 Å². The summed E-state index contributed by atoms with van der Waals surface area (Å²) >= 11 is 0. The van der Waals surface area contributed by atoms with E-state index in [0.717, 1.165) is 23.7 Å². The third-order valence-electron chi connectivity index (χ3n) is 4.92. The molecule has 0 radical (unpaired) electrons. The fraction of sp³-hybridized carbons (Fsp3) is 0.588. The highest BCUT2D eigenvalue weighted by molar-refractivity contribution is 5.94. The molecule has 2 atom stereocenters. The molecule has 2 fully saturated rings. The van der Waals surface area contributed by atoms with Crippen LogP contribution < -0.4 is 5.32 Å². The van der Waals surface area contributed by atoms with Crippen molar-refractivity contribution in [3.8, 4) is 0 Å². The number of fused-ring (bicyclic) bond motifs is 1. The second kappa shape index (κ2) is 5.86. The number of piperidine rings is 1. The maximum absolute atomic E-state index is 12.8. The van der Waals surface area contributed by atoms with Crippen molar-refractivity contribution in [1.29, 1.82) is 0 Å². The SMILES string of the molecule is CNc1ccc(C(=O)N2CCC[C@H]3CCCC[C@@H]32)cc1. The molecule has 3 rings (SSSR count). The Balaban J connectivity index is 1.77. The molecule has 20 heavy (non-hydrogen) atoms. The lowest BCUT2D eigenvalue weighted by Crippen LogP contribution is -2.49. The van der Waals surface area contributed by atoms with Gasteiger partial charge in [-0.2, -0.15) is 0 Å². The Kier molecular flexibility index (Phi) is 3.95. The first-order valence-corrected chi connectivity index (χ1v) is 7.88. The number of nitrogens with zero attached hydrogens (tertiary/aromatic N) is 1. The summed E-state index contributed by atoms with van der Waals surface area (Å²) in [5.41, 5.74) is 1.88. The van der Waals surface area contributed by atoms with Gasteiger partial charge in [-0.05, 0) is 55.9 Å². The fourth-order valence-electron chi connectivity index (χ4n) is 3.82. The summed E-state index contributed by atoms with van der Waals surface area (Å²) in [7, 11) is 1.90. The zero-order valence-electron chi connectivity index (χ0n) is 12.3. The number of nitrogens with one attached hydrogen (secondary N) is 1. The molecule has 108 valence electrons. The van der Waals surface area contributed by atoms with Crippen molar-refractivity contribution < 1.29 is 4.79 Å². The first-order valence-electron chi connectivity index (χ1n) is 7.88. The fourth-order valence-corrected chi connectivity index (χ4v) is 3.82. The Hall–Kier alpha value is -1.51. The molecule has 0 aromatic heterocycles. The number of likely N-dealkylation sites (tertiary alicyclic amines) is 1. The van der Waals surface area contributed by atoms with Gasteiger partial charge in [-0.15, -0.1) is 0 Å². The van der Waals surface area contributed by atoms with E-state index in [1.165, 1.54) is 38.5 Å². The zero-order chi connectivity index (χ0) is 13.9. The minimum Gasteiger partial charge on any atom is -0.388 e. The van der Waals surface area contributed by atoms with Crippen LogP contribution in [-0.2, 0) is 0 Å². The largest absolute Gasteiger partial charge is 0.388 e. The van der Waals surface area contributed by atoms with Crippen LogP contribution in [0.5, 0.6) is 0 Å². The molecule has 1 N–H and O–H groups in total. The molecule has 1 saturated carbocycles. The Morgan fingerprint density at radius 3 is 2.55 bits per heavy atom. The lowest BCUT2D eigenvalue weighted by atomic mass is 9.78. The normalized spacial score (nSPS) is 25.9. The maximum atomic E-state index is 12.8. The van der Waals surface area contributed by atoms with Crippen molar-refractivity contribution in [2.75, 3.05) is 18.9 Å². The summed E-state index contributed by atoms with van der Waals surface area (Å²) in [6, 6.07) is 8.35. The molecule has 3 nitrogen and oxygen atoms in total. The second-order valence-electron chi connectivity index (χ2n) is 6.08. The van der Waals surface area contributed by atoms with Crippen molar-refractivity contribution in [1.82, 2.24) is 4.90 Å². The molecule has 1 saturated heterocycles. The highest BCUT2D eigenvalue weighted by atomic mass is 16.2. The standard InChI is InChI=1S/C17H24N2O/c1-18-15-10-8-14(9-11-15)17(20)19-12-4-6-13-5-2-3-7-16(13)19/h8-11,13,16,18H,2-7,12H2,1H3/t13-,16+/m1/s1. The average molecular weight is 272 g/mol. The molecular weight excluding hydrogens is 248 g/mol. The van der Waals surface area contributed by atoms with Gasteiger partial charge in [-0.25, -0.2) is 0 Å². The molecule has 0 bridgehead atoms. The van der Waals surface area contributed by atoms with Gasteiger partial charge in [0.25, 0.3) is 5.91 Å². The second-order valence-corrected chi connectivity index (χ2v) is 6.08. The predicted molar refractivity (Wildman–Crippen MR) is 82.0 cm³/mol. The number of anilines is 1. The van der Waals surface area contributed by atoms with E-state index in [-0.39, 0.29) is 5.91 Å². The van der Waals surface area contributed by atoms with Gasteiger partial charge in [0.15, 0.2) is 0 Å². The molecule has 1 aromatic rings. The summed E-state index contributed by atoms with van der Waals surface area (Å²) in [5.74, 6) is 0.974. The number of benzene rings is 1. The van der Waals surface area contributed by atoms with Crippen LogP contribution in [0.25, 0.3) is 0 Å². The van der Waals surface area contributed by atoms with Crippen LogP contribution >= 0.6 is 0 Å². The van der Waals surface area contributed by atoms with Gasteiger partial charge in [0, 0.05) is 30.9 Å². The third-order valence-corrected chi connectivity index (χ3v) is 4.92. The lowest BCUT2D eigenvalue weighted by molar-refractivity contribution is 0.0391. The number of hydrogen-bond acceptors (Lipinski definition) is 2. The van der Waals surface area contributed by atoms with E-state index in [9.17, 15) is 4.79 Å². The van der Waals surface area contributed by atoms with E-state index < -0.39 is 0 Å². The van der Waals surface area contributed by atoms with E-state index in [2.05, 4.69) is 10.2 Å². The number of rotatable bonds is 2. The van der Waals surface area contributed by atoms with Gasteiger partial charge in [-0.3, -0.25) is 4.79 Å². The summed E-state index contributed by atoms with van der Waals surface area (Å²) < 4.78 is 0. The van der Waals surface area contributed by atoms with Crippen molar-refractivity contribution >= 4 is 11.6 Å². The lowest BCUT2D eigenvalue weighted by Gasteiger charge is -2.44. The van der Waals surface area contributed by atoms with Crippen LogP contribution in [0.1, 0.15) is 48.9 Å². The van der Waals surface area contributed by atoms with Crippen LogP contribution in [0.2, 0.25) is 0 Å². The van der Waals surface area contributed by atoms with Crippen molar-refractivity contribution in [3.63, 3.8) is 0 Å². The van der Waals surface area contributed by atoms with Crippen LogP contribution in [0.3, 0.4) is 0 Å². The average Bonchev–Trinajstić information content (AvgIpc) is 2.54. The molecule has 0 spiro atoms. The number of hydrogen-bond donors (Lipinski definition) is 1. The number of carbonyl (C=O) groups is 1. The third kappa shape index (κ3) is 2.54. The molecule has 1 amide bonds. The first kappa shape index (κ1) is 13.5. The van der Waals surface area contributed by atoms with Gasteiger partial charge in [0.1, 0.15) is 0 Å². The first-order chi connectivity index (χ1) is 9.79. The summed E-state index contributed by atoms with van der Waals surface area (Å²) in [6.45, 7) is 0.938. The molecule has 1 aliphatic carbocycles. The highest BCUT2D eigenvalue weighted by Gasteiger charge is 2.35. The minimum atomic E-state index is 0.226. The molecule has 1 aromatic carbocycles. The quantitative estimate of drug-likeness (QED) is 0.893. The zero-order valence-corrected chi connectivity index (χ0v) is 12.3. The van der Waals surface area contributed by atoms with E-state index in [1.807, 2.05) is 31.3 Å². The Morgan fingerprint density at radius 2 is 1.80 bits per heavy atom. The van der Waals surface area contributed by atoms with Gasteiger partial charge < -0.3 is 10.2 Å². The monoisotopic (exact) mass is 272 g/mol. The van der Waals surface area contributed by atoms with E-state index in [1.54, 1.807) is 0 Å². The summed E-state index contributed by atoms with van der Waals surface area (Å²) in [6.07, 6.45) is 7.62. The molecule has 2 aliphatic rings. The number of carbonyl (C=O) groups excluding carboxylic acids is 1. The Labute approximate surface area is 121 Å². The van der Waals surface area contributed by atoms with Crippen molar-refractivity contribution in [3.05, 3.63) is 29.8 Å². The van der Waals surface area contributed by atoms with Crippen LogP contribution in [0.15, 0.2) is 24.3 Å². The summed E-state index contributed by atoms with van der Waals surface area (Å²) in [5, 5.41) is 3.09. The van der Waals surface area contributed by atoms with Gasteiger partial charge in [0.05, 0.1) is 0 Å². The molecule has 1 heterocycles. The minimum absolute atomic E-state index is 0.226. The molecule has 0 unspecified atom stereocenters. The van der Waals surface area contributed by atoms with E-state index >= 15 is 0 Å².